The molecule has 0 unspecified atom stereocenters. The number of anilines is 1. The molecule has 0 saturated heterocycles. The van der Waals surface area contributed by atoms with Crippen LogP contribution in [0.3, 0.4) is 0 Å². The lowest BCUT2D eigenvalue weighted by atomic mass is 9.97. The monoisotopic (exact) mass is 445 g/mol. The molecule has 1 aliphatic heterocycles. The summed E-state index contributed by atoms with van der Waals surface area (Å²) in [5, 5.41) is 6.14. The van der Waals surface area contributed by atoms with Crippen LogP contribution in [-0.2, 0) is 14.8 Å². The molecule has 1 amide bonds. The van der Waals surface area contributed by atoms with Crippen LogP contribution in [0.2, 0.25) is 0 Å². The van der Waals surface area contributed by atoms with Crippen molar-refractivity contribution in [3.63, 3.8) is 0 Å². The molecule has 0 aromatic heterocycles. The highest BCUT2D eigenvalue weighted by Crippen LogP contribution is 2.39. The molecule has 0 radical (unpaired) electrons. The molecule has 2 aromatic carbocycles. The average Bonchev–Trinajstić information content (AvgIpc) is 3.18. The SMILES string of the molecule is CCCC(=O)N1N=C(c2cccc(NS(C)(=O)=O)c2)C[C@@H]1c1cc(OC)ccc1OC. The van der Waals surface area contributed by atoms with Crippen molar-refractivity contribution in [3.8, 4) is 11.5 Å². The summed E-state index contributed by atoms with van der Waals surface area (Å²) in [5.41, 5.74) is 2.68. The van der Waals surface area contributed by atoms with Gasteiger partial charge in [0.05, 0.1) is 32.2 Å². The van der Waals surface area contributed by atoms with Crippen molar-refractivity contribution in [1.29, 1.82) is 0 Å². The Morgan fingerprint density at radius 2 is 1.97 bits per heavy atom. The zero-order valence-corrected chi connectivity index (χ0v) is 18.9. The Hall–Kier alpha value is -3.07. The predicted octanol–water partition coefficient (Wildman–Crippen LogP) is 3.55. The Bertz CT molecular complexity index is 1100. The van der Waals surface area contributed by atoms with Gasteiger partial charge in [0.15, 0.2) is 0 Å². The molecule has 2 aromatic rings. The van der Waals surface area contributed by atoms with E-state index in [1.807, 2.05) is 25.1 Å². The molecule has 1 heterocycles. The standard InChI is InChI=1S/C22H27N3O5S/c1-5-7-22(26)25-20(18-13-17(29-2)10-11-21(18)30-3)14-19(23-25)15-8-6-9-16(12-15)24-31(4,27)28/h6,8-13,20,24H,5,7,14H2,1-4H3/t20-/m1/s1. The molecule has 0 spiro atoms. The number of amides is 1. The van der Waals surface area contributed by atoms with Crippen molar-refractivity contribution in [2.45, 2.75) is 32.2 Å². The minimum Gasteiger partial charge on any atom is -0.497 e. The van der Waals surface area contributed by atoms with E-state index in [2.05, 4.69) is 9.82 Å². The van der Waals surface area contributed by atoms with Crippen LogP contribution in [-0.4, -0.2) is 45.5 Å². The lowest BCUT2D eigenvalue weighted by Crippen LogP contribution is -2.27. The van der Waals surface area contributed by atoms with Gasteiger partial charge in [0, 0.05) is 24.1 Å². The summed E-state index contributed by atoms with van der Waals surface area (Å²) in [5.74, 6) is 1.22. The zero-order chi connectivity index (χ0) is 22.6. The molecule has 1 aliphatic rings. The second-order valence-electron chi connectivity index (χ2n) is 7.32. The van der Waals surface area contributed by atoms with Crippen LogP contribution in [0.15, 0.2) is 47.6 Å². The summed E-state index contributed by atoms with van der Waals surface area (Å²) < 4.78 is 36.6. The summed E-state index contributed by atoms with van der Waals surface area (Å²) in [6.45, 7) is 1.94. The van der Waals surface area contributed by atoms with Crippen LogP contribution in [0, 0.1) is 0 Å². The number of hydrogen-bond acceptors (Lipinski definition) is 6. The first-order chi connectivity index (χ1) is 14.8. The highest BCUT2D eigenvalue weighted by atomic mass is 32.2. The van der Waals surface area contributed by atoms with Crippen molar-refractivity contribution >= 4 is 27.3 Å². The molecule has 0 bridgehead atoms. The van der Waals surface area contributed by atoms with Crippen molar-refractivity contribution in [1.82, 2.24) is 5.01 Å². The molecule has 9 heteroatoms. The van der Waals surface area contributed by atoms with Gasteiger partial charge in [0.25, 0.3) is 0 Å². The van der Waals surface area contributed by atoms with Crippen LogP contribution in [0.25, 0.3) is 0 Å². The number of hydrogen-bond donors (Lipinski definition) is 1. The first-order valence-corrected chi connectivity index (χ1v) is 11.8. The second kappa shape index (κ2) is 9.38. The molecule has 31 heavy (non-hydrogen) atoms. The molecule has 0 fully saturated rings. The average molecular weight is 446 g/mol. The Balaban J connectivity index is 2.01. The minimum absolute atomic E-state index is 0.0854. The number of nitrogens with one attached hydrogen (secondary N) is 1. The number of hydrazone groups is 1. The van der Waals surface area contributed by atoms with Crippen LogP contribution >= 0.6 is 0 Å². The fraction of sp³-hybridized carbons (Fsp3) is 0.364. The van der Waals surface area contributed by atoms with E-state index in [4.69, 9.17) is 9.47 Å². The summed E-state index contributed by atoms with van der Waals surface area (Å²) in [7, 11) is -0.235. The van der Waals surface area contributed by atoms with Crippen molar-refractivity contribution in [2.75, 3.05) is 25.2 Å². The number of nitrogens with zero attached hydrogens (tertiary/aromatic N) is 2. The van der Waals surface area contributed by atoms with Crippen LogP contribution in [0.4, 0.5) is 5.69 Å². The van der Waals surface area contributed by atoms with Gasteiger partial charge in [-0.25, -0.2) is 13.4 Å². The van der Waals surface area contributed by atoms with E-state index in [0.717, 1.165) is 17.4 Å². The molecular weight excluding hydrogens is 418 g/mol. The van der Waals surface area contributed by atoms with Gasteiger partial charge in [-0.3, -0.25) is 9.52 Å². The molecule has 1 N–H and O–H groups in total. The zero-order valence-electron chi connectivity index (χ0n) is 18.1. The highest BCUT2D eigenvalue weighted by Gasteiger charge is 2.34. The summed E-state index contributed by atoms with van der Waals surface area (Å²) in [6.07, 6.45) is 2.63. The smallest absolute Gasteiger partial charge is 0.243 e. The maximum atomic E-state index is 12.9. The Morgan fingerprint density at radius 1 is 1.19 bits per heavy atom. The van der Waals surface area contributed by atoms with Gasteiger partial charge in [0.2, 0.25) is 15.9 Å². The fourth-order valence-electron chi connectivity index (χ4n) is 3.56. The second-order valence-corrected chi connectivity index (χ2v) is 9.07. The summed E-state index contributed by atoms with van der Waals surface area (Å²) in [4.78, 5) is 12.9. The normalized spacial score (nSPS) is 16.1. The van der Waals surface area contributed by atoms with Gasteiger partial charge in [-0.15, -0.1) is 0 Å². The van der Waals surface area contributed by atoms with Gasteiger partial charge in [-0.1, -0.05) is 19.1 Å². The number of rotatable bonds is 8. The van der Waals surface area contributed by atoms with E-state index < -0.39 is 10.0 Å². The van der Waals surface area contributed by atoms with E-state index in [0.29, 0.717) is 42.2 Å². The molecule has 1 atom stereocenters. The van der Waals surface area contributed by atoms with Gasteiger partial charge in [0.1, 0.15) is 11.5 Å². The van der Waals surface area contributed by atoms with E-state index >= 15 is 0 Å². The summed E-state index contributed by atoms with van der Waals surface area (Å²) >= 11 is 0. The van der Waals surface area contributed by atoms with E-state index in [1.54, 1.807) is 38.5 Å². The highest BCUT2D eigenvalue weighted by molar-refractivity contribution is 7.92. The molecule has 0 saturated carbocycles. The third-order valence-corrected chi connectivity index (χ3v) is 5.53. The molecule has 3 rings (SSSR count). The maximum Gasteiger partial charge on any atom is 0.243 e. The number of carbonyl (C=O) groups excluding carboxylic acids is 1. The first-order valence-electron chi connectivity index (χ1n) is 9.95. The van der Waals surface area contributed by atoms with Crippen molar-refractivity contribution < 1.29 is 22.7 Å². The third kappa shape index (κ3) is 5.35. The largest absolute Gasteiger partial charge is 0.497 e. The topological polar surface area (TPSA) is 97.3 Å². The van der Waals surface area contributed by atoms with Gasteiger partial charge in [-0.2, -0.15) is 5.10 Å². The lowest BCUT2D eigenvalue weighted by molar-refractivity contribution is -0.133. The quantitative estimate of drug-likeness (QED) is 0.670. The fourth-order valence-corrected chi connectivity index (χ4v) is 4.12. The Kier molecular flexibility index (Phi) is 6.84. The Morgan fingerprint density at radius 3 is 2.61 bits per heavy atom. The number of benzene rings is 2. The van der Waals surface area contributed by atoms with Crippen molar-refractivity contribution in [2.24, 2.45) is 5.10 Å². The van der Waals surface area contributed by atoms with E-state index in [-0.39, 0.29) is 11.9 Å². The molecule has 0 aliphatic carbocycles. The first kappa shape index (κ1) is 22.6. The van der Waals surface area contributed by atoms with Crippen molar-refractivity contribution in [3.05, 3.63) is 53.6 Å². The predicted molar refractivity (Wildman–Crippen MR) is 120 cm³/mol. The summed E-state index contributed by atoms with van der Waals surface area (Å²) in [6, 6.07) is 12.1. The van der Waals surface area contributed by atoms with E-state index in [9.17, 15) is 13.2 Å². The maximum absolute atomic E-state index is 12.9. The van der Waals surface area contributed by atoms with Gasteiger partial charge >= 0.3 is 0 Å². The van der Waals surface area contributed by atoms with Crippen LogP contribution in [0.5, 0.6) is 11.5 Å². The number of methoxy groups -OCH3 is 2. The third-order valence-electron chi connectivity index (χ3n) is 4.92. The lowest BCUT2D eigenvalue weighted by Gasteiger charge is -2.24. The number of carbonyl (C=O) groups is 1. The number of ether oxygens (including phenoxy) is 2. The van der Waals surface area contributed by atoms with Gasteiger partial charge < -0.3 is 9.47 Å². The molecular formula is C22H27N3O5S. The van der Waals surface area contributed by atoms with Crippen LogP contribution < -0.4 is 14.2 Å². The van der Waals surface area contributed by atoms with E-state index in [1.165, 1.54) is 5.01 Å². The molecule has 8 nitrogen and oxygen atoms in total. The minimum atomic E-state index is -3.40. The number of sulfonamides is 1. The van der Waals surface area contributed by atoms with Crippen LogP contribution in [0.1, 0.15) is 43.4 Å². The Labute approximate surface area is 182 Å². The van der Waals surface area contributed by atoms with Gasteiger partial charge in [-0.05, 0) is 42.3 Å². The molecule has 166 valence electrons.